The molecular formula is C21H22N2O3S. The fraction of sp³-hybridized carbons (Fsp3) is 0.238. The summed E-state index contributed by atoms with van der Waals surface area (Å²) >= 11 is 1.50. The van der Waals surface area contributed by atoms with Gasteiger partial charge in [-0.25, -0.2) is 0 Å². The molecule has 0 saturated carbocycles. The molecule has 0 aliphatic carbocycles. The van der Waals surface area contributed by atoms with Crippen molar-refractivity contribution in [2.45, 2.75) is 19.9 Å². The molecule has 1 aromatic heterocycles. The Kier molecular flexibility index (Phi) is 5.76. The number of nitrogens with zero attached hydrogens (tertiary/aromatic N) is 2. The lowest BCUT2D eigenvalue weighted by Crippen LogP contribution is -2.16. The summed E-state index contributed by atoms with van der Waals surface area (Å²) in [5.41, 5.74) is 2.66. The van der Waals surface area contributed by atoms with Crippen LogP contribution in [0.4, 0.5) is 0 Å². The maximum Gasteiger partial charge on any atom is 0.283 e. The number of amides is 1. The lowest BCUT2D eigenvalue weighted by molar-refractivity contribution is 0.0994. The van der Waals surface area contributed by atoms with Crippen molar-refractivity contribution in [1.82, 2.24) is 4.57 Å². The van der Waals surface area contributed by atoms with Crippen LogP contribution in [0.15, 0.2) is 54.0 Å². The third kappa shape index (κ3) is 3.66. The van der Waals surface area contributed by atoms with Crippen LogP contribution < -0.4 is 14.3 Å². The molecule has 0 aliphatic heterocycles. The fourth-order valence-corrected chi connectivity index (χ4v) is 4.03. The quantitative estimate of drug-likeness (QED) is 0.600. The van der Waals surface area contributed by atoms with Crippen LogP contribution in [0.2, 0.25) is 0 Å². The number of para-hydroxylation sites is 1. The molecule has 0 fully saturated rings. The van der Waals surface area contributed by atoms with Gasteiger partial charge >= 0.3 is 0 Å². The number of aromatic nitrogens is 1. The number of thiazole rings is 1. The number of hydrogen-bond acceptors (Lipinski definition) is 4. The molecule has 1 amide bonds. The maximum atomic E-state index is 12.9. The Morgan fingerprint density at radius 1 is 1.26 bits per heavy atom. The fourth-order valence-electron chi connectivity index (χ4n) is 2.93. The van der Waals surface area contributed by atoms with Gasteiger partial charge < -0.3 is 14.0 Å². The predicted octanol–water partition coefficient (Wildman–Crippen LogP) is 4.21. The largest absolute Gasteiger partial charge is 0.493 e. The van der Waals surface area contributed by atoms with Gasteiger partial charge in [-0.15, -0.1) is 6.58 Å². The molecule has 0 N–H and O–H groups in total. The Morgan fingerprint density at radius 3 is 2.74 bits per heavy atom. The van der Waals surface area contributed by atoms with Crippen molar-refractivity contribution in [1.29, 1.82) is 0 Å². The summed E-state index contributed by atoms with van der Waals surface area (Å²) in [5.74, 6) is 0.519. The molecule has 6 heteroatoms. The first-order valence-electron chi connectivity index (χ1n) is 8.66. The Balaban J connectivity index is 2.16. The first kappa shape index (κ1) is 18.9. The van der Waals surface area contributed by atoms with E-state index >= 15 is 0 Å². The summed E-state index contributed by atoms with van der Waals surface area (Å²) < 4.78 is 13.7. The number of allylic oxidation sites excluding steroid dienone is 1. The minimum Gasteiger partial charge on any atom is -0.493 e. The second-order valence-electron chi connectivity index (χ2n) is 5.90. The van der Waals surface area contributed by atoms with Gasteiger partial charge in [0, 0.05) is 6.54 Å². The molecule has 0 saturated heterocycles. The molecule has 0 atom stereocenters. The molecule has 0 bridgehead atoms. The molecule has 27 heavy (non-hydrogen) atoms. The Bertz CT molecular complexity index is 1060. The zero-order valence-corrected chi connectivity index (χ0v) is 16.5. The van der Waals surface area contributed by atoms with Gasteiger partial charge in [0.1, 0.15) is 0 Å². The van der Waals surface area contributed by atoms with Crippen molar-refractivity contribution in [2.24, 2.45) is 4.99 Å². The average Bonchev–Trinajstić information content (AvgIpc) is 3.03. The van der Waals surface area contributed by atoms with Crippen molar-refractivity contribution in [3.8, 4) is 11.5 Å². The standard InChI is InChI=1S/C21H22N2O3S/c1-5-12-23-16-11-10-14(6-2)13-18(16)27-21(23)22-20(24)15-8-7-9-17(25-3)19(15)26-4/h5,7-11,13H,1,6,12H2,2-4H3. The minimum absolute atomic E-state index is 0.369. The molecule has 0 spiro atoms. The van der Waals surface area contributed by atoms with Gasteiger partial charge in [0.05, 0.1) is 30.0 Å². The number of methoxy groups -OCH3 is 2. The molecular weight excluding hydrogens is 360 g/mol. The van der Waals surface area contributed by atoms with Gasteiger partial charge in [0.15, 0.2) is 16.3 Å². The van der Waals surface area contributed by atoms with Gasteiger partial charge in [-0.05, 0) is 36.2 Å². The van der Waals surface area contributed by atoms with Gasteiger partial charge in [-0.2, -0.15) is 4.99 Å². The van der Waals surface area contributed by atoms with Crippen molar-refractivity contribution in [3.05, 3.63) is 65.0 Å². The number of aryl methyl sites for hydroxylation is 1. The SMILES string of the molecule is C=CCn1c(=NC(=O)c2cccc(OC)c2OC)sc2cc(CC)ccc21. The number of carbonyl (C=O) groups excluding carboxylic acids is 1. The molecule has 1 heterocycles. The molecule has 0 unspecified atom stereocenters. The Labute approximate surface area is 162 Å². The normalized spacial score (nSPS) is 11.6. The third-order valence-electron chi connectivity index (χ3n) is 4.30. The molecule has 2 aromatic carbocycles. The number of carbonyl (C=O) groups is 1. The van der Waals surface area contributed by atoms with Crippen molar-refractivity contribution < 1.29 is 14.3 Å². The van der Waals surface area contributed by atoms with Gasteiger partial charge in [0.25, 0.3) is 5.91 Å². The van der Waals surface area contributed by atoms with Crippen molar-refractivity contribution in [2.75, 3.05) is 14.2 Å². The van der Waals surface area contributed by atoms with E-state index in [1.165, 1.54) is 24.0 Å². The molecule has 0 aliphatic rings. The number of benzene rings is 2. The maximum absolute atomic E-state index is 12.9. The van der Waals surface area contributed by atoms with Crippen LogP contribution in [0, 0.1) is 0 Å². The van der Waals surface area contributed by atoms with Crippen LogP contribution in [0.5, 0.6) is 11.5 Å². The Hall–Kier alpha value is -2.86. The van der Waals surface area contributed by atoms with E-state index in [0.717, 1.165) is 16.6 Å². The summed E-state index contributed by atoms with van der Waals surface area (Å²) in [6, 6.07) is 11.5. The zero-order chi connectivity index (χ0) is 19.4. The average molecular weight is 382 g/mol. The second-order valence-corrected chi connectivity index (χ2v) is 6.91. The monoisotopic (exact) mass is 382 g/mol. The van der Waals surface area contributed by atoms with Crippen molar-refractivity contribution >= 4 is 27.5 Å². The highest BCUT2D eigenvalue weighted by Gasteiger charge is 2.16. The molecule has 0 radical (unpaired) electrons. The van der Waals surface area contributed by atoms with Crippen LogP contribution in [0.25, 0.3) is 10.2 Å². The third-order valence-corrected chi connectivity index (χ3v) is 5.34. The van der Waals surface area contributed by atoms with E-state index in [9.17, 15) is 4.79 Å². The Morgan fingerprint density at radius 2 is 2.07 bits per heavy atom. The zero-order valence-electron chi connectivity index (χ0n) is 15.7. The van der Waals surface area contributed by atoms with E-state index in [1.807, 2.05) is 4.57 Å². The van der Waals surface area contributed by atoms with E-state index in [0.29, 0.717) is 28.4 Å². The lowest BCUT2D eigenvalue weighted by atomic mass is 10.1. The highest BCUT2D eigenvalue weighted by Crippen LogP contribution is 2.31. The van der Waals surface area contributed by atoms with Crippen molar-refractivity contribution in [3.63, 3.8) is 0 Å². The number of fused-ring (bicyclic) bond motifs is 1. The van der Waals surface area contributed by atoms with E-state index < -0.39 is 0 Å². The van der Waals surface area contributed by atoms with Gasteiger partial charge in [0.2, 0.25) is 0 Å². The number of ether oxygens (including phenoxy) is 2. The van der Waals surface area contributed by atoms with E-state index in [2.05, 4.69) is 36.7 Å². The number of rotatable bonds is 6. The summed E-state index contributed by atoms with van der Waals surface area (Å²) in [4.78, 5) is 17.9. The van der Waals surface area contributed by atoms with E-state index in [4.69, 9.17) is 9.47 Å². The van der Waals surface area contributed by atoms with Gasteiger partial charge in [-0.1, -0.05) is 36.5 Å². The topological polar surface area (TPSA) is 52.8 Å². The van der Waals surface area contributed by atoms with Crippen LogP contribution in [-0.2, 0) is 13.0 Å². The highest BCUT2D eigenvalue weighted by atomic mass is 32.1. The lowest BCUT2D eigenvalue weighted by Gasteiger charge is -2.09. The molecule has 5 nitrogen and oxygen atoms in total. The van der Waals surface area contributed by atoms with Crippen LogP contribution in [-0.4, -0.2) is 24.7 Å². The molecule has 3 rings (SSSR count). The number of hydrogen-bond donors (Lipinski definition) is 0. The first-order chi connectivity index (χ1) is 13.1. The smallest absolute Gasteiger partial charge is 0.283 e. The van der Waals surface area contributed by atoms with Crippen LogP contribution in [0.3, 0.4) is 0 Å². The summed E-state index contributed by atoms with van der Waals surface area (Å²) in [6.45, 7) is 6.52. The second kappa shape index (κ2) is 8.22. The molecule has 3 aromatic rings. The highest BCUT2D eigenvalue weighted by molar-refractivity contribution is 7.16. The van der Waals surface area contributed by atoms with Crippen LogP contribution >= 0.6 is 11.3 Å². The summed E-state index contributed by atoms with van der Waals surface area (Å²) in [5, 5.41) is 0. The first-order valence-corrected chi connectivity index (χ1v) is 9.47. The van der Waals surface area contributed by atoms with E-state index in [-0.39, 0.29) is 5.91 Å². The van der Waals surface area contributed by atoms with Crippen LogP contribution in [0.1, 0.15) is 22.8 Å². The summed E-state index contributed by atoms with van der Waals surface area (Å²) in [6.07, 6.45) is 2.76. The molecule has 140 valence electrons. The van der Waals surface area contributed by atoms with E-state index in [1.54, 1.807) is 31.4 Å². The summed E-state index contributed by atoms with van der Waals surface area (Å²) in [7, 11) is 3.05. The minimum atomic E-state index is -0.370. The van der Waals surface area contributed by atoms with Gasteiger partial charge in [-0.3, -0.25) is 4.79 Å². The predicted molar refractivity (Wildman–Crippen MR) is 109 cm³/mol.